The summed E-state index contributed by atoms with van der Waals surface area (Å²) in [6.07, 6.45) is 3.47. The summed E-state index contributed by atoms with van der Waals surface area (Å²) in [4.78, 5) is 12.0. The monoisotopic (exact) mass is 337 g/mol. The van der Waals surface area contributed by atoms with Gasteiger partial charge in [0.25, 0.3) is 5.91 Å². The van der Waals surface area contributed by atoms with E-state index in [-0.39, 0.29) is 5.91 Å². The minimum atomic E-state index is -0.105. The summed E-state index contributed by atoms with van der Waals surface area (Å²) in [6, 6.07) is 1.64. The van der Waals surface area contributed by atoms with Gasteiger partial charge in [-0.15, -0.1) is 0 Å². The Morgan fingerprint density at radius 2 is 2.40 bits per heavy atom. The molecule has 1 N–H and O–H groups in total. The highest BCUT2D eigenvalue weighted by Crippen LogP contribution is 2.17. The van der Waals surface area contributed by atoms with E-state index in [1.54, 1.807) is 6.07 Å². The smallest absolute Gasteiger partial charge is 0.255 e. The maximum Gasteiger partial charge on any atom is 0.255 e. The first-order chi connectivity index (χ1) is 7.15. The SMILES string of the molecule is CCC(Br)CCNC(=O)c1ccoc1Br. The van der Waals surface area contributed by atoms with Crippen molar-refractivity contribution in [3.8, 4) is 0 Å². The summed E-state index contributed by atoms with van der Waals surface area (Å²) in [5.74, 6) is -0.105. The standard InChI is InChI=1S/C10H13Br2NO2/c1-2-7(11)3-5-13-10(14)8-4-6-15-9(8)12/h4,6-7H,2-3,5H2,1H3,(H,13,14). The third-order valence-electron chi connectivity index (χ3n) is 2.05. The van der Waals surface area contributed by atoms with Gasteiger partial charge in [0.15, 0.2) is 4.67 Å². The molecule has 0 bridgehead atoms. The van der Waals surface area contributed by atoms with Crippen LogP contribution in [0.4, 0.5) is 0 Å². The zero-order valence-electron chi connectivity index (χ0n) is 8.43. The molecule has 0 saturated carbocycles. The largest absolute Gasteiger partial charge is 0.457 e. The molecule has 1 aromatic heterocycles. The van der Waals surface area contributed by atoms with E-state index in [1.807, 2.05) is 0 Å². The molecule has 1 rings (SSSR count). The van der Waals surface area contributed by atoms with Gasteiger partial charge in [-0.2, -0.15) is 0 Å². The van der Waals surface area contributed by atoms with Crippen LogP contribution >= 0.6 is 31.9 Å². The third kappa shape index (κ3) is 3.99. The summed E-state index contributed by atoms with van der Waals surface area (Å²) < 4.78 is 5.46. The highest BCUT2D eigenvalue weighted by Gasteiger charge is 2.12. The molecular weight excluding hydrogens is 326 g/mol. The Morgan fingerprint density at radius 1 is 1.67 bits per heavy atom. The van der Waals surface area contributed by atoms with Crippen LogP contribution in [-0.2, 0) is 0 Å². The highest BCUT2D eigenvalue weighted by molar-refractivity contribution is 9.10. The lowest BCUT2D eigenvalue weighted by Crippen LogP contribution is -2.25. The maximum atomic E-state index is 11.6. The zero-order chi connectivity index (χ0) is 11.3. The number of hydrogen-bond donors (Lipinski definition) is 1. The van der Waals surface area contributed by atoms with E-state index in [4.69, 9.17) is 4.42 Å². The number of carbonyl (C=O) groups is 1. The summed E-state index contributed by atoms with van der Waals surface area (Å²) in [7, 11) is 0. The van der Waals surface area contributed by atoms with Crippen molar-refractivity contribution < 1.29 is 9.21 Å². The quantitative estimate of drug-likeness (QED) is 0.837. The molecule has 5 heteroatoms. The van der Waals surface area contributed by atoms with Crippen LogP contribution in [0.25, 0.3) is 0 Å². The maximum absolute atomic E-state index is 11.6. The van der Waals surface area contributed by atoms with Gasteiger partial charge in [0.2, 0.25) is 0 Å². The summed E-state index contributed by atoms with van der Waals surface area (Å²) in [5.41, 5.74) is 0.539. The van der Waals surface area contributed by atoms with Crippen molar-refractivity contribution in [3.63, 3.8) is 0 Å². The molecule has 15 heavy (non-hydrogen) atoms. The lowest BCUT2D eigenvalue weighted by molar-refractivity contribution is 0.0951. The summed E-state index contributed by atoms with van der Waals surface area (Å²) in [6.45, 7) is 2.77. The van der Waals surface area contributed by atoms with Crippen molar-refractivity contribution in [1.82, 2.24) is 5.32 Å². The molecule has 1 atom stereocenters. The molecule has 0 aliphatic rings. The van der Waals surface area contributed by atoms with Crippen LogP contribution in [0.3, 0.4) is 0 Å². The van der Waals surface area contributed by atoms with E-state index in [2.05, 4.69) is 44.1 Å². The van der Waals surface area contributed by atoms with Crippen molar-refractivity contribution in [2.45, 2.75) is 24.6 Å². The molecule has 1 aromatic rings. The minimum absolute atomic E-state index is 0.105. The minimum Gasteiger partial charge on any atom is -0.457 e. The fourth-order valence-corrected chi connectivity index (χ4v) is 1.75. The molecule has 0 aliphatic carbocycles. The van der Waals surface area contributed by atoms with Gasteiger partial charge in [0, 0.05) is 11.4 Å². The van der Waals surface area contributed by atoms with Crippen molar-refractivity contribution in [3.05, 3.63) is 22.6 Å². The van der Waals surface area contributed by atoms with Crippen molar-refractivity contribution in [2.24, 2.45) is 0 Å². The number of nitrogens with one attached hydrogen (secondary N) is 1. The molecule has 84 valence electrons. The Morgan fingerprint density at radius 3 is 2.93 bits per heavy atom. The van der Waals surface area contributed by atoms with Crippen LogP contribution in [0.15, 0.2) is 21.4 Å². The lowest BCUT2D eigenvalue weighted by atomic mass is 10.2. The number of carbonyl (C=O) groups excluding carboxylic acids is 1. The van der Waals surface area contributed by atoms with Crippen LogP contribution < -0.4 is 5.32 Å². The zero-order valence-corrected chi connectivity index (χ0v) is 11.6. The van der Waals surface area contributed by atoms with Crippen molar-refractivity contribution in [1.29, 1.82) is 0 Å². The van der Waals surface area contributed by atoms with Crippen LogP contribution in [0.1, 0.15) is 30.1 Å². The van der Waals surface area contributed by atoms with Gasteiger partial charge in [0.05, 0.1) is 11.8 Å². The molecule has 1 amide bonds. The van der Waals surface area contributed by atoms with E-state index < -0.39 is 0 Å². The molecule has 0 saturated heterocycles. The molecule has 0 radical (unpaired) electrons. The van der Waals surface area contributed by atoms with E-state index >= 15 is 0 Å². The Hall–Kier alpha value is -0.290. The summed E-state index contributed by atoms with van der Waals surface area (Å²) >= 11 is 6.68. The Bertz CT molecular complexity index is 325. The van der Waals surface area contributed by atoms with Gasteiger partial charge in [-0.25, -0.2) is 0 Å². The molecule has 0 spiro atoms. The topological polar surface area (TPSA) is 42.2 Å². The third-order valence-corrected chi connectivity index (χ3v) is 3.77. The number of amides is 1. The predicted molar refractivity (Wildman–Crippen MR) is 66.4 cm³/mol. The first-order valence-corrected chi connectivity index (χ1v) is 6.51. The Kier molecular flexibility index (Phi) is 5.39. The van der Waals surface area contributed by atoms with Crippen LogP contribution in [0.2, 0.25) is 0 Å². The highest BCUT2D eigenvalue weighted by atomic mass is 79.9. The van der Waals surface area contributed by atoms with E-state index in [0.29, 0.717) is 21.6 Å². The molecule has 3 nitrogen and oxygen atoms in total. The predicted octanol–water partition coefficient (Wildman–Crippen LogP) is 3.34. The molecule has 0 aliphatic heterocycles. The van der Waals surface area contributed by atoms with E-state index in [0.717, 1.165) is 12.8 Å². The van der Waals surface area contributed by atoms with Crippen LogP contribution in [0, 0.1) is 0 Å². The van der Waals surface area contributed by atoms with Gasteiger partial charge < -0.3 is 9.73 Å². The Labute approximate surface area is 106 Å². The fourth-order valence-electron chi connectivity index (χ4n) is 1.10. The van der Waals surface area contributed by atoms with Crippen LogP contribution in [-0.4, -0.2) is 17.3 Å². The lowest BCUT2D eigenvalue weighted by Gasteiger charge is -2.07. The van der Waals surface area contributed by atoms with Crippen LogP contribution in [0.5, 0.6) is 0 Å². The van der Waals surface area contributed by atoms with Gasteiger partial charge in [-0.3, -0.25) is 4.79 Å². The number of rotatable bonds is 5. The molecular formula is C10H13Br2NO2. The van der Waals surface area contributed by atoms with E-state index in [1.165, 1.54) is 6.26 Å². The second kappa shape index (κ2) is 6.33. The second-order valence-electron chi connectivity index (χ2n) is 3.16. The fraction of sp³-hybridized carbons (Fsp3) is 0.500. The van der Waals surface area contributed by atoms with Gasteiger partial charge >= 0.3 is 0 Å². The molecule has 0 aromatic carbocycles. The first-order valence-electron chi connectivity index (χ1n) is 4.80. The number of furan rings is 1. The van der Waals surface area contributed by atoms with E-state index in [9.17, 15) is 4.79 Å². The number of hydrogen-bond acceptors (Lipinski definition) is 2. The molecule has 0 fully saturated rings. The van der Waals surface area contributed by atoms with Gasteiger partial charge in [0.1, 0.15) is 0 Å². The number of halogens is 2. The summed E-state index contributed by atoms with van der Waals surface area (Å²) in [5, 5.41) is 2.83. The van der Waals surface area contributed by atoms with Gasteiger partial charge in [-0.1, -0.05) is 22.9 Å². The molecule has 1 unspecified atom stereocenters. The number of alkyl halides is 1. The van der Waals surface area contributed by atoms with Gasteiger partial charge in [-0.05, 0) is 34.8 Å². The normalized spacial score (nSPS) is 12.5. The molecule has 1 heterocycles. The van der Waals surface area contributed by atoms with Crippen molar-refractivity contribution in [2.75, 3.05) is 6.54 Å². The second-order valence-corrected chi connectivity index (χ2v) is 5.17. The van der Waals surface area contributed by atoms with Crippen molar-refractivity contribution >= 4 is 37.8 Å². The first kappa shape index (κ1) is 12.8. The average molecular weight is 339 g/mol. The Balaban J connectivity index is 2.34. The average Bonchev–Trinajstić information content (AvgIpc) is 2.64.